The second-order valence-electron chi connectivity index (χ2n) is 4.96. The van der Waals surface area contributed by atoms with E-state index in [0.717, 1.165) is 4.83 Å². The van der Waals surface area contributed by atoms with Crippen LogP contribution < -0.4 is 15.6 Å². The SMILES string of the molecule is CCOc1ccc(C(=O)NCCn2cnc3sccc3c2=O)cn1. The zero-order chi connectivity index (χ0) is 16.9. The number of amides is 1. The lowest BCUT2D eigenvalue weighted by atomic mass is 10.2. The Morgan fingerprint density at radius 3 is 2.96 bits per heavy atom. The highest BCUT2D eigenvalue weighted by Crippen LogP contribution is 2.13. The maximum absolute atomic E-state index is 12.2. The van der Waals surface area contributed by atoms with E-state index in [1.165, 1.54) is 28.4 Å². The zero-order valence-electron chi connectivity index (χ0n) is 13.1. The van der Waals surface area contributed by atoms with Crippen molar-refractivity contribution in [2.45, 2.75) is 13.5 Å². The maximum atomic E-state index is 12.2. The second-order valence-corrected chi connectivity index (χ2v) is 5.85. The van der Waals surface area contributed by atoms with E-state index in [9.17, 15) is 9.59 Å². The highest BCUT2D eigenvalue weighted by molar-refractivity contribution is 7.16. The number of nitrogens with zero attached hydrogens (tertiary/aromatic N) is 3. The highest BCUT2D eigenvalue weighted by Gasteiger charge is 2.08. The van der Waals surface area contributed by atoms with E-state index in [2.05, 4.69) is 15.3 Å². The number of hydrogen-bond acceptors (Lipinski definition) is 6. The summed E-state index contributed by atoms with van der Waals surface area (Å²) in [6, 6.07) is 5.06. The van der Waals surface area contributed by atoms with Crippen molar-refractivity contribution in [3.8, 4) is 5.88 Å². The van der Waals surface area contributed by atoms with Crippen LogP contribution in [0.5, 0.6) is 5.88 Å². The lowest BCUT2D eigenvalue weighted by molar-refractivity contribution is 0.0951. The van der Waals surface area contributed by atoms with Crippen LogP contribution in [0.15, 0.2) is 40.9 Å². The van der Waals surface area contributed by atoms with Gasteiger partial charge >= 0.3 is 0 Å². The molecule has 0 saturated carbocycles. The van der Waals surface area contributed by atoms with Gasteiger partial charge in [-0.3, -0.25) is 14.2 Å². The van der Waals surface area contributed by atoms with E-state index < -0.39 is 0 Å². The number of carbonyl (C=O) groups excluding carboxylic acids is 1. The third-order valence-electron chi connectivity index (χ3n) is 3.38. The Bertz CT molecular complexity index is 902. The summed E-state index contributed by atoms with van der Waals surface area (Å²) < 4.78 is 6.73. The molecule has 24 heavy (non-hydrogen) atoms. The standard InChI is InChI=1S/C16H16N4O3S/c1-2-23-13-4-3-11(9-18-13)14(21)17-6-7-20-10-19-15-12(16(20)22)5-8-24-15/h3-5,8-10H,2,6-7H2,1H3,(H,17,21). The molecule has 8 heteroatoms. The molecule has 0 aliphatic heterocycles. The highest BCUT2D eigenvalue weighted by atomic mass is 32.1. The second kappa shape index (κ2) is 7.22. The van der Waals surface area contributed by atoms with Gasteiger partial charge in [0.25, 0.3) is 11.5 Å². The first kappa shape index (κ1) is 16.1. The van der Waals surface area contributed by atoms with Gasteiger partial charge in [-0.1, -0.05) is 0 Å². The number of hydrogen-bond donors (Lipinski definition) is 1. The van der Waals surface area contributed by atoms with Crippen molar-refractivity contribution in [1.29, 1.82) is 0 Å². The first-order valence-corrected chi connectivity index (χ1v) is 8.36. The number of thiophene rings is 1. The van der Waals surface area contributed by atoms with Gasteiger partial charge < -0.3 is 10.1 Å². The monoisotopic (exact) mass is 344 g/mol. The topological polar surface area (TPSA) is 86.1 Å². The summed E-state index contributed by atoms with van der Waals surface area (Å²) in [5.41, 5.74) is 0.343. The first-order chi connectivity index (χ1) is 11.7. The molecule has 0 spiro atoms. The fourth-order valence-corrected chi connectivity index (χ4v) is 2.92. The molecule has 3 rings (SSSR count). The summed E-state index contributed by atoms with van der Waals surface area (Å²) in [4.78, 5) is 33.3. The minimum Gasteiger partial charge on any atom is -0.478 e. The Morgan fingerprint density at radius 1 is 1.33 bits per heavy atom. The molecular weight excluding hydrogens is 328 g/mol. The number of pyridine rings is 1. The van der Waals surface area contributed by atoms with Crippen LogP contribution in [0.1, 0.15) is 17.3 Å². The van der Waals surface area contributed by atoms with Gasteiger partial charge in [0.05, 0.1) is 23.9 Å². The molecule has 0 saturated heterocycles. The summed E-state index contributed by atoms with van der Waals surface area (Å²) in [6.45, 7) is 3.07. The molecule has 124 valence electrons. The van der Waals surface area contributed by atoms with Gasteiger partial charge in [0.15, 0.2) is 0 Å². The molecule has 3 aromatic rings. The minimum absolute atomic E-state index is 0.0989. The smallest absolute Gasteiger partial charge is 0.262 e. The molecule has 0 aromatic carbocycles. The molecule has 0 aliphatic rings. The van der Waals surface area contributed by atoms with E-state index in [1.54, 1.807) is 18.2 Å². The molecule has 0 radical (unpaired) electrons. The van der Waals surface area contributed by atoms with Crippen LogP contribution in [0, 0.1) is 0 Å². The molecule has 0 fully saturated rings. The zero-order valence-corrected chi connectivity index (χ0v) is 13.9. The quantitative estimate of drug-likeness (QED) is 0.735. The number of carbonyl (C=O) groups is 1. The lowest BCUT2D eigenvalue weighted by Gasteiger charge is -2.08. The van der Waals surface area contributed by atoms with Crippen LogP contribution in [0.3, 0.4) is 0 Å². The van der Waals surface area contributed by atoms with Crippen molar-refractivity contribution in [3.63, 3.8) is 0 Å². The number of rotatable bonds is 6. The van der Waals surface area contributed by atoms with Crippen molar-refractivity contribution >= 4 is 27.5 Å². The fourth-order valence-electron chi connectivity index (χ4n) is 2.19. The van der Waals surface area contributed by atoms with Crippen LogP contribution in [-0.2, 0) is 6.54 Å². The Labute approximate surface area is 141 Å². The van der Waals surface area contributed by atoms with E-state index in [4.69, 9.17) is 4.74 Å². The van der Waals surface area contributed by atoms with E-state index in [-0.39, 0.29) is 11.5 Å². The molecule has 3 aromatic heterocycles. The number of fused-ring (bicyclic) bond motifs is 1. The van der Waals surface area contributed by atoms with Crippen molar-refractivity contribution < 1.29 is 9.53 Å². The lowest BCUT2D eigenvalue weighted by Crippen LogP contribution is -2.30. The third kappa shape index (κ3) is 3.43. The molecule has 0 bridgehead atoms. The number of aromatic nitrogens is 3. The van der Waals surface area contributed by atoms with Crippen LogP contribution >= 0.6 is 11.3 Å². The van der Waals surface area contributed by atoms with Crippen molar-refractivity contribution in [3.05, 3.63) is 52.0 Å². The third-order valence-corrected chi connectivity index (χ3v) is 4.20. The van der Waals surface area contributed by atoms with E-state index in [1.807, 2.05) is 12.3 Å². The van der Waals surface area contributed by atoms with E-state index in [0.29, 0.717) is 36.5 Å². The van der Waals surface area contributed by atoms with Crippen LogP contribution in [-0.4, -0.2) is 33.6 Å². The molecule has 0 aliphatic carbocycles. The number of ether oxygens (including phenoxy) is 1. The Hall–Kier alpha value is -2.74. The predicted octanol–water partition coefficient (Wildman–Crippen LogP) is 1.68. The Kier molecular flexibility index (Phi) is 4.85. The molecule has 3 heterocycles. The summed E-state index contributed by atoms with van der Waals surface area (Å²) in [6.07, 6.45) is 2.97. The average Bonchev–Trinajstić information content (AvgIpc) is 3.07. The van der Waals surface area contributed by atoms with Gasteiger partial charge in [-0.2, -0.15) is 0 Å². The van der Waals surface area contributed by atoms with Gasteiger partial charge in [-0.05, 0) is 24.4 Å². The molecule has 1 amide bonds. The van der Waals surface area contributed by atoms with Gasteiger partial charge in [-0.25, -0.2) is 9.97 Å². The Balaban J connectivity index is 1.59. The van der Waals surface area contributed by atoms with Gasteiger partial charge in [-0.15, -0.1) is 11.3 Å². The van der Waals surface area contributed by atoms with Crippen LogP contribution in [0.4, 0.5) is 0 Å². The summed E-state index contributed by atoms with van der Waals surface area (Å²) in [7, 11) is 0. The molecule has 7 nitrogen and oxygen atoms in total. The summed E-state index contributed by atoms with van der Waals surface area (Å²) in [5, 5.41) is 5.20. The maximum Gasteiger partial charge on any atom is 0.262 e. The molecule has 0 atom stereocenters. The van der Waals surface area contributed by atoms with Gasteiger partial charge in [0.1, 0.15) is 4.83 Å². The minimum atomic E-state index is -0.247. The largest absolute Gasteiger partial charge is 0.478 e. The molecule has 1 N–H and O–H groups in total. The van der Waals surface area contributed by atoms with Crippen molar-refractivity contribution in [2.24, 2.45) is 0 Å². The predicted molar refractivity (Wildman–Crippen MR) is 91.6 cm³/mol. The van der Waals surface area contributed by atoms with Gasteiger partial charge in [0, 0.05) is 25.4 Å². The molecule has 0 unspecified atom stereocenters. The average molecular weight is 344 g/mol. The van der Waals surface area contributed by atoms with Crippen LogP contribution in [0.25, 0.3) is 10.2 Å². The molecular formula is C16H16N4O3S. The summed E-state index contributed by atoms with van der Waals surface area (Å²) >= 11 is 1.43. The fraction of sp³-hybridized carbons (Fsp3) is 0.250. The van der Waals surface area contributed by atoms with Crippen molar-refractivity contribution in [1.82, 2.24) is 19.9 Å². The van der Waals surface area contributed by atoms with E-state index >= 15 is 0 Å². The van der Waals surface area contributed by atoms with Gasteiger partial charge in [0.2, 0.25) is 5.88 Å². The van der Waals surface area contributed by atoms with Crippen molar-refractivity contribution in [2.75, 3.05) is 13.2 Å². The Morgan fingerprint density at radius 2 is 2.21 bits per heavy atom. The first-order valence-electron chi connectivity index (χ1n) is 7.48. The van der Waals surface area contributed by atoms with Crippen LogP contribution in [0.2, 0.25) is 0 Å². The summed E-state index contributed by atoms with van der Waals surface area (Å²) in [5.74, 6) is 0.235. The normalized spacial score (nSPS) is 10.7. The number of nitrogens with one attached hydrogen (secondary N) is 1.